The maximum Gasteiger partial charge on any atom is 0.294 e. The van der Waals surface area contributed by atoms with Gasteiger partial charge in [-0.05, 0) is 35.6 Å². The van der Waals surface area contributed by atoms with Crippen molar-refractivity contribution < 1.29 is 0 Å². The van der Waals surface area contributed by atoms with Crippen LogP contribution < -0.4 is 5.56 Å². The minimum absolute atomic E-state index is 0.0308. The van der Waals surface area contributed by atoms with Gasteiger partial charge in [0, 0.05) is 5.92 Å². The number of nitrogens with one attached hydrogen (secondary N) is 1. The fourth-order valence-electron chi connectivity index (χ4n) is 3.48. The van der Waals surface area contributed by atoms with Gasteiger partial charge in [-0.3, -0.25) is 9.20 Å². The van der Waals surface area contributed by atoms with Gasteiger partial charge in [-0.25, -0.2) is 0 Å². The fourth-order valence-corrected chi connectivity index (χ4v) is 3.48. The van der Waals surface area contributed by atoms with Gasteiger partial charge >= 0.3 is 0 Å². The van der Waals surface area contributed by atoms with E-state index < -0.39 is 0 Å². The number of para-hydroxylation sites is 2. The summed E-state index contributed by atoms with van der Waals surface area (Å²) in [4.78, 5) is 15.2. The predicted molar refractivity (Wildman–Crippen MR) is 104 cm³/mol. The normalized spacial score (nSPS) is 12.9. The molecule has 0 radical (unpaired) electrons. The molecule has 0 aliphatic rings. The predicted octanol–water partition coefficient (Wildman–Crippen LogP) is 3.92. The standard InChI is InChI=1S/C21H22N4O/c1-13(2)12-15-8-10-16(11-9-15)14(3)19-23-24-20-21(26)22-17-6-4-5-7-18(17)25(19)20/h4-11,13-14H,12H2,1-3H3,(H,22,26)/t14-/m0/s1. The third kappa shape index (κ3) is 2.79. The van der Waals surface area contributed by atoms with Crippen molar-refractivity contribution in [2.75, 3.05) is 0 Å². The first kappa shape index (κ1) is 16.5. The molecule has 2 aromatic heterocycles. The Kier molecular flexibility index (Phi) is 4.07. The van der Waals surface area contributed by atoms with Crippen LogP contribution in [-0.4, -0.2) is 19.6 Å². The number of hydrogen-bond donors (Lipinski definition) is 1. The summed E-state index contributed by atoms with van der Waals surface area (Å²) in [5.74, 6) is 1.44. The number of nitrogens with zero attached hydrogens (tertiary/aromatic N) is 3. The van der Waals surface area contributed by atoms with E-state index in [1.165, 1.54) is 5.56 Å². The second kappa shape index (κ2) is 6.41. The first-order chi connectivity index (χ1) is 12.5. The van der Waals surface area contributed by atoms with Crippen molar-refractivity contribution in [3.05, 3.63) is 75.8 Å². The Bertz CT molecular complexity index is 1120. The second-order valence-electron chi connectivity index (χ2n) is 7.25. The van der Waals surface area contributed by atoms with Crippen LogP contribution in [0.25, 0.3) is 16.7 Å². The summed E-state index contributed by atoms with van der Waals surface area (Å²) in [5, 5.41) is 8.49. The van der Waals surface area contributed by atoms with E-state index in [0.29, 0.717) is 11.6 Å². The number of hydrogen-bond acceptors (Lipinski definition) is 3. The molecule has 2 heterocycles. The molecule has 26 heavy (non-hydrogen) atoms. The summed E-state index contributed by atoms with van der Waals surface area (Å²) < 4.78 is 1.88. The molecule has 0 bridgehead atoms. The molecule has 0 aliphatic heterocycles. The zero-order valence-corrected chi connectivity index (χ0v) is 15.2. The summed E-state index contributed by atoms with van der Waals surface area (Å²) in [6, 6.07) is 16.4. The Balaban J connectivity index is 1.82. The molecular weight excluding hydrogens is 324 g/mol. The SMILES string of the molecule is CC(C)Cc1ccc([C@H](C)c2nnc3c(=O)[nH]c4ccccc4n23)cc1. The smallest absolute Gasteiger partial charge is 0.294 e. The third-order valence-corrected chi connectivity index (χ3v) is 4.80. The maximum absolute atomic E-state index is 12.3. The van der Waals surface area contributed by atoms with Crippen molar-refractivity contribution in [2.45, 2.75) is 33.1 Å². The minimum Gasteiger partial charge on any atom is -0.317 e. The van der Waals surface area contributed by atoms with Gasteiger partial charge in [0.05, 0.1) is 11.0 Å². The van der Waals surface area contributed by atoms with Crippen molar-refractivity contribution in [2.24, 2.45) is 5.92 Å². The zero-order chi connectivity index (χ0) is 18.3. The average Bonchev–Trinajstić information content (AvgIpc) is 3.07. The highest BCUT2D eigenvalue weighted by Gasteiger charge is 2.19. The first-order valence-electron chi connectivity index (χ1n) is 8.99. The van der Waals surface area contributed by atoms with E-state index in [1.54, 1.807) is 0 Å². The molecule has 1 N–H and O–H groups in total. The lowest BCUT2D eigenvalue weighted by atomic mass is 9.96. The molecule has 0 aliphatic carbocycles. The summed E-state index contributed by atoms with van der Waals surface area (Å²) in [6.45, 7) is 6.55. The average molecular weight is 346 g/mol. The number of aromatic nitrogens is 4. The van der Waals surface area contributed by atoms with Gasteiger partial charge < -0.3 is 4.98 Å². The van der Waals surface area contributed by atoms with Gasteiger partial charge in [-0.1, -0.05) is 57.2 Å². The number of benzene rings is 2. The van der Waals surface area contributed by atoms with Crippen molar-refractivity contribution in [3.63, 3.8) is 0 Å². The highest BCUT2D eigenvalue weighted by Crippen LogP contribution is 2.25. The molecule has 2 aromatic carbocycles. The summed E-state index contributed by atoms with van der Waals surface area (Å²) in [7, 11) is 0. The quantitative estimate of drug-likeness (QED) is 0.609. The van der Waals surface area contributed by atoms with Crippen molar-refractivity contribution in [1.29, 1.82) is 0 Å². The Labute approximate surface area is 151 Å². The Morgan fingerprint density at radius 2 is 1.73 bits per heavy atom. The van der Waals surface area contributed by atoms with Gasteiger partial charge in [-0.15, -0.1) is 10.2 Å². The van der Waals surface area contributed by atoms with Crippen molar-refractivity contribution >= 4 is 16.7 Å². The van der Waals surface area contributed by atoms with Crippen LogP contribution in [0.3, 0.4) is 0 Å². The molecule has 5 heteroatoms. The molecule has 4 aromatic rings. The molecular formula is C21H22N4O. The second-order valence-corrected chi connectivity index (χ2v) is 7.25. The number of H-pyrrole nitrogens is 1. The van der Waals surface area contributed by atoms with E-state index in [-0.39, 0.29) is 11.5 Å². The summed E-state index contributed by atoms with van der Waals surface area (Å²) in [6.07, 6.45) is 1.07. The van der Waals surface area contributed by atoms with Crippen LogP contribution in [0.5, 0.6) is 0 Å². The highest BCUT2D eigenvalue weighted by molar-refractivity contribution is 5.77. The van der Waals surface area contributed by atoms with Crippen LogP contribution in [-0.2, 0) is 6.42 Å². The number of rotatable bonds is 4. The van der Waals surface area contributed by atoms with Crippen LogP contribution in [0, 0.1) is 5.92 Å². The van der Waals surface area contributed by atoms with Gasteiger partial charge in [0.1, 0.15) is 5.82 Å². The molecule has 0 unspecified atom stereocenters. The van der Waals surface area contributed by atoms with Crippen LogP contribution in [0.2, 0.25) is 0 Å². The van der Waals surface area contributed by atoms with E-state index in [0.717, 1.165) is 28.8 Å². The Morgan fingerprint density at radius 1 is 1.00 bits per heavy atom. The van der Waals surface area contributed by atoms with E-state index in [1.807, 2.05) is 28.7 Å². The Hall–Kier alpha value is -2.95. The third-order valence-electron chi connectivity index (χ3n) is 4.80. The monoisotopic (exact) mass is 346 g/mol. The topological polar surface area (TPSA) is 63.0 Å². The van der Waals surface area contributed by atoms with Gasteiger partial charge in [0.25, 0.3) is 5.56 Å². The van der Waals surface area contributed by atoms with E-state index in [2.05, 4.69) is 60.2 Å². The van der Waals surface area contributed by atoms with E-state index in [4.69, 9.17) is 0 Å². The Morgan fingerprint density at radius 3 is 2.46 bits per heavy atom. The molecule has 4 rings (SSSR count). The van der Waals surface area contributed by atoms with Gasteiger partial charge in [-0.2, -0.15) is 0 Å². The lowest BCUT2D eigenvalue weighted by Gasteiger charge is -2.13. The lowest BCUT2D eigenvalue weighted by molar-refractivity contribution is 0.647. The number of fused-ring (bicyclic) bond motifs is 3. The van der Waals surface area contributed by atoms with Crippen LogP contribution >= 0.6 is 0 Å². The maximum atomic E-state index is 12.3. The summed E-state index contributed by atoms with van der Waals surface area (Å²) >= 11 is 0. The lowest BCUT2D eigenvalue weighted by Crippen LogP contribution is -2.12. The molecule has 132 valence electrons. The van der Waals surface area contributed by atoms with Gasteiger partial charge in [0.15, 0.2) is 0 Å². The van der Waals surface area contributed by atoms with E-state index >= 15 is 0 Å². The minimum atomic E-state index is -0.220. The molecule has 0 saturated carbocycles. The van der Waals surface area contributed by atoms with E-state index in [9.17, 15) is 4.79 Å². The van der Waals surface area contributed by atoms with Crippen molar-refractivity contribution in [1.82, 2.24) is 19.6 Å². The molecule has 0 spiro atoms. The largest absolute Gasteiger partial charge is 0.317 e. The molecule has 1 atom stereocenters. The van der Waals surface area contributed by atoms with Gasteiger partial charge in [0.2, 0.25) is 5.65 Å². The summed E-state index contributed by atoms with van der Waals surface area (Å²) in [5.41, 5.74) is 4.31. The zero-order valence-electron chi connectivity index (χ0n) is 15.2. The molecule has 0 fully saturated rings. The molecule has 0 amide bonds. The van der Waals surface area contributed by atoms with Crippen LogP contribution in [0.4, 0.5) is 0 Å². The number of aromatic amines is 1. The first-order valence-corrected chi connectivity index (χ1v) is 8.99. The highest BCUT2D eigenvalue weighted by atomic mass is 16.1. The fraction of sp³-hybridized carbons (Fsp3) is 0.286. The van der Waals surface area contributed by atoms with Crippen molar-refractivity contribution in [3.8, 4) is 0 Å². The van der Waals surface area contributed by atoms with Crippen LogP contribution in [0.15, 0.2) is 53.3 Å². The molecule has 5 nitrogen and oxygen atoms in total. The van der Waals surface area contributed by atoms with Crippen LogP contribution in [0.1, 0.15) is 43.6 Å². The molecule has 0 saturated heterocycles.